The summed E-state index contributed by atoms with van der Waals surface area (Å²) in [6.45, 7) is 6.31. The molecule has 2 aromatic carbocycles. The lowest BCUT2D eigenvalue weighted by molar-refractivity contribution is 0.178. The second-order valence-electron chi connectivity index (χ2n) is 5.59. The van der Waals surface area contributed by atoms with E-state index in [1.165, 1.54) is 5.56 Å². The molecule has 1 nitrogen and oxygen atoms in total. The van der Waals surface area contributed by atoms with Crippen LogP contribution in [-0.2, 0) is 6.42 Å². The maximum atomic E-state index is 10.4. The van der Waals surface area contributed by atoms with E-state index < -0.39 is 6.10 Å². The van der Waals surface area contributed by atoms with E-state index in [0.29, 0.717) is 17.4 Å². The van der Waals surface area contributed by atoms with Gasteiger partial charge < -0.3 is 5.11 Å². The second kappa shape index (κ2) is 6.43. The Labute approximate surface area is 126 Å². The van der Waals surface area contributed by atoms with Crippen LogP contribution < -0.4 is 0 Å². The molecule has 1 unspecified atom stereocenters. The van der Waals surface area contributed by atoms with Crippen LogP contribution in [0.25, 0.3) is 0 Å². The van der Waals surface area contributed by atoms with Gasteiger partial charge in [-0.15, -0.1) is 0 Å². The van der Waals surface area contributed by atoms with Gasteiger partial charge in [-0.1, -0.05) is 67.9 Å². The lowest BCUT2D eigenvalue weighted by Gasteiger charge is -2.15. The number of hydrogen-bond donors (Lipinski definition) is 1. The van der Waals surface area contributed by atoms with Crippen molar-refractivity contribution in [3.8, 4) is 0 Å². The minimum Gasteiger partial charge on any atom is -0.388 e. The maximum Gasteiger partial charge on any atom is 0.0844 e. The van der Waals surface area contributed by atoms with E-state index in [1.54, 1.807) is 0 Å². The largest absolute Gasteiger partial charge is 0.388 e. The van der Waals surface area contributed by atoms with Crippen molar-refractivity contribution in [2.45, 2.75) is 39.2 Å². The van der Waals surface area contributed by atoms with Gasteiger partial charge in [-0.2, -0.15) is 0 Å². The third kappa shape index (κ3) is 3.41. The summed E-state index contributed by atoms with van der Waals surface area (Å²) in [6.07, 6.45) is 0.0222. The van der Waals surface area contributed by atoms with Crippen LogP contribution in [0, 0.1) is 6.92 Å². The molecule has 0 radical (unpaired) electrons. The number of aliphatic hydroxyl groups is 1. The molecule has 0 spiro atoms. The van der Waals surface area contributed by atoms with Crippen LogP contribution in [-0.4, -0.2) is 5.11 Å². The van der Waals surface area contributed by atoms with Crippen molar-refractivity contribution in [3.05, 3.63) is 69.7 Å². The molecule has 0 aliphatic rings. The molecule has 20 heavy (non-hydrogen) atoms. The third-order valence-corrected chi connectivity index (χ3v) is 4.17. The van der Waals surface area contributed by atoms with E-state index in [4.69, 9.17) is 11.6 Å². The number of benzene rings is 2. The minimum atomic E-state index is -0.563. The van der Waals surface area contributed by atoms with E-state index in [-0.39, 0.29) is 0 Å². The standard InChI is InChI=1S/C18H21ClO/c1-12(2)15-9-7-14(8-10-15)11-17(20)16-6-4-5-13(3)18(16)19/h4-10,12,17,20H,11H2,1-3H3. The summed E-state index contributed by atoms with van der Waals surface area (Å²) in [6, 6.07) is 14.2. The summed E-state index contributed by atoms with van der Waals surface area (Å²) < 4.78 is 0. The highest BCUT2D eigenvalue weighted by Gasteiger charge is 2.13. The van der Waals surface area contributed by atoms with Crippen LogP contribution in [0.4, 0.5) is 0 Å². The Hall–Kier alpha value is -1.31. The predicted octanol–water partition coefficient (Wildman–Crippen LogP) is 5.05. The highest BCUT2D eigenvalue weighted by atomic mass is 35.5. The van der Waals surface area contributed by atoms with E-state index in [1.807, 2.05) is 25.1 Å². The van der Waals surface area contributed by atoms with Crippen molar-refractivity contribution in [1.29, 1.82) is 0 Å². The average molecular weight is 289 g/mol. The Morgan fingerprint density at radius 3 is 2.30 bits per heavy atom. The quantitative estimate of drug-likeness (QED) is 0.835. The molecule has 0 saturated heterocycles. The molecule has 0 fully saturated rings. The van der Waals surface area contributed by atoms with Gasteiger partial charge in [0, 0.05) is 11.4 Å². The van der Waals surface area contributed by atoms with Gasteiger partial charge in [0.05, 0.1) is 6.10 Å². The highest BCUT2D eigenvalue weighted by Crippen LogP contribution is 2.28. The summed E-state index contributed by atoms with van der Waals surface area (Å²) in [5.41, 5.74) is 4.24. The van der Waals surface area contributed by atoms with Crippen molar-refractivity contribution in [2.75, 3.05) is 0 Å². The molecule has 0 amide bonds. The van der Waals surface area contributed by atoms with E-state index in [9.17, 15) is 5.11 Å². The molecule has 2 heteroatoms. The zero-order valence-electron chi connectivity index (χ0n) is 12.2. The number of rotatable bonds is 4. The van der Waals surface area contributed by atoms with Gasteiger partial charge in [0.15, 0.2) is 0 Å². The number of hydrogen-bond acceptors (Lipinski definition) is 1. The van der Waals surface area contributed by atoms with Crippen molar-refractivity contribution in [1.82, 2.24) is 0 Å². The van der Waals surface area contributed by atoms with E-state index in [0.717, 1.165) is 16.7 Å². The summed E-state index contributed by atoms with van der Waals surface area (Å²) in [4.78, 5) is 0. The Bertz CT molecular complexity index is 572. The van der Waals surface area contributed by atoms with Crippen molar-refractivity contribution >= 4 is 11.6 Å². The van der Waals surface area contributed by atoms with Crippen molar-refractivity contribution in [3.63, 3.8) is 0 Å². The molecule has 0 aliphatic heterocycles. The molecule has 0 saturated carbocycles. The zero-order chi connectivity index (χ0) is 14.7. The fourth-order valence-corrected chi connectivity index (χ4v) is 2.55. The first-order valence-corrected chi connectivity index (χ1v) is 7.38. The average Bonchev–Trinajstić information content (AvgIpc) is 2.42. The number of aliphatic hydroxyl groups excluding tert-OH is 1. The number of halogens is 1. The van der Waals surface area contributed by atoms with Crippen LogP contribution in [0.2, 0.25) is 5.02 Å². The lowest BCUT2D eigenvalue weighted by Crippen LogP contribution is -2.03. The van der Waals surface area contributed by atoms with Crippen LogP contribution in [0.15, 0.2) is 42.5 Å². The topological polar surface area (TPSA) is 20.2 Å². The van der Waals surface area contributed by atoms with Gasteiger partial charge in [0.2, 0.25) is 0 Å². The molecular weight excluding hydrogens is 268 g/mol. The molecule has 0 bridgehead atoms. The van der Waals surface area contributed by atoms with Crippen LogP contribution >= 0.6 is 11.6 Å². The Morgan fingerprint density at radius 2 is 1.70 bits per heavy atom. The molecule has 1 N–H and O–H groups in total. The smallest absolute Gasteiger partial charge is 0.0844 e. The van der Waals surface area contributed by atoms with Gasteiger partial charge in [-0.25, -0.2) is 0 Å². The first kappa shape index (κ1) is 15.1. The van der Waals surface area contributed by atoms with Crippen LogP contribution in [0.3, 0.4) is 0 Å². The first-order chi connectivity index (χ1) is 9.49. The molecular formula is C18H21ClO. The highest BCUT2D eigenvalue weighted by molar-refractivity contribution is 6.32. The van der Waals surface area contributed by atoms with Gasteiger partial charge in [0.1, 0.15) is 0 Å². The SMILES string of the molecule is Cc1cccc(C(O)Cc2ccc(C(C)C)cc2)c1Cl. The second-order valence-corrected chi connectivity index (χ2v) is 5.97. The fourth-order valence-electron chi connectivity index (χ4n) is 2.30. The van der Waals surface area contributed by atoms with Crippen molar-refractivity contribution in [2.24, 2.45) is 0 Å². The fraction of sp³-hybridized carbons (Fsp3) is 0.333. The minimum absolute atomic E-state index is 0.528. The lowest BCUT2D eigenvalue weighted by atomic mass is 9.97. The number of aryl methyl sites for hydroxylation is 1. The monoisotopic (exact) mass is 288 g/mol. The molecule has 1 atom stereocenters. The van der Waals surface area contributed by atoms with Gasteiger partial charge in [-0.05, 0) is 35.1 Å². The van der Waals surface area contributed by atoms with E-state index in [2.05, 4.69) is 38.1 Å². The first-order valence-electron chi connectivity index (χ1n) is 7.01. The summed E-state index contributed by atoms with van der Waals surface area (Å²) in [5, 5.41) is 11.0. The van der Waals surface area contributed by atoms with Crippen molar-refractivity contribution < 1.29 is 5.11 Å². The van der Waals surface area contributed by atoms with Gasteiger partial charge >= 0.3 is 0 Å². The predicted molar refractivity (Wildman–Crippen MR) is 85.4 cm³/mol. The normalized spacial score (nSPS) is 12.7. The molecule has 0 heterocycles. The molecule has 2 aromatic rings. The summed E-state index contributed by atoms with van der Waals surface area (Å²) in [7, 11) is 0. The molecule has 0 aliphatic carbocycles. The zero-order valence-corrected chi connectivity index (χ0v) is 13.0. The summed E-state index contributed by atoms with van der Waals surface area (Å²) in [5.74, 6) is 0.528. The van der Waals surface area contributed by atoms with Crippen LogP contribution in [0.1, 0.15) is 48.1 Å². The molecule has 106 valence electrons. The van der Waals surface area contributed by atoms with Crippen LogP contribution in [0.5, 0.6) is 0 Å². The Morgan fingerprint density at radius 1 is 1.05 bits per heavy atom. The van der Waals surface area contributed by atoms with Gasteiger partial charge in [-0.3, -0.25) is 0 Å². The third-order valence-electron chi connectivity index (χ3n) is 3.66. The van der Waals surface area contributed by atoms with E-state index >= 15 is 0 Å². The Kier molecular flexibility index (Phi) is 4.85. The molecule has 0 aromatic heterocycles. The summed E-state index contributed by atoms with van der Waals surface area (Å²) >= 11 is 6.26. The maximum absolute atomic E-state index is 10.4. The van der Waals surface area contributed by atoms with Gasteiger partial charge in [0.25, 0.3) is 0 Å². The molecule has 2 rings (SSSR count). The Balaban J connectivity index is 2.15.